The fraction of sp³-hybridized carbons (Fsp3) is 0.647. The molecule has 0 radical (unpaired) electrons. The predicted molar refractivity (Wildman–Crippen MR) is 87.3 cm³/mol. The maximum atomic E-state index is 6.06. The fourth-order valence-electron chi connectivity index (χ4n) is 3.09. The van der Waals surface area contributed by atoms with Gasteiger partial charge in [0.1, 0.15) is 0 Å². The number of hydrogen-bond donors (Lipinski definition) is 1. The second-order valence-electron chi connectivity index (χ2n) is 6.46. The molecule has 0 bridgehead atoms. The summed E-state index contributed by atoms with van der Waals surface area (Å²) in [5.74, 6) is 0.634. The Morgan fingerprint density at radius 2 is 2.00 bits per heavy atom. The Balaban J connectivity index is 2.24. The van der Waals surface area contributed by atoms with Crippen molar-refractivity contribution in [2.75, 3.05) is 32.1 Å². The highest BCUT2D eigenvalue weighted by Crippen LogP contribution is 2.31. The summed E-state index contributed by atoms with van der Waals surface area (Å²) < 4.78 is 0. The third kappa shape index (κ3) is 2.84. The first-order valence-electron chi connectivity index (χ1n) is 7.71. The van der Waals surface area contributed by atoms with E-state index in [1.165, 1.54) is 16.8 Å². The number of nitrogens with two attached hydrogens (primary N) is 1. The molecule has 1 heterocycles. The SMILES string of the molecule is CC(C)C(C)N(C)C(CN)c1ccc2c(c1)CCN2C. The molecule has 0 aliphatic carbocycles. The maximum absolute atomic E-state index is 6.06. The number of hydrogen-bond acceptors (Lipinski definition) is 3. The molecule has 112 valence electrons. The molecular formula is C17H29N3. The molecule has 0 saturated carbocycles. The van der Waals surface area contributed by atoms with Crippen LogP contribution in [0.3, 0.4) is 0 Å². The molecule has 2 rings (SSSR count). The molecular weight excluding hydrogens is 246 g/mol. The number of benzene rings is 1. The summed E-state index contributed by atoms with van der Waals surface area (Å²) in [6.07, 6.45) is 1.15. The van der Waals surface area contributed by atoms with Crippen molar-refractivity contribution in [2.45, 2.75) is 39.3 Å². The molecule has 0 saturated heterocycles. The van der Waals surface area contributed by atoms with Crippen LogP contribution in [0, 0.1) is 5.92 Å². The van der Waals surface area contributed by atoms with Crippen LogP contribution in [0.4, 0.5) is 5.69 Å². The third-order valence-electron chi connectivity index (χ3n) is 4.94. The van der Waals surface area contributed by atoms with E-state index in [0.29, 0.717) is 24.5 Å². The monoisotopic (exact) mass is 275 g/mol. The lowest BCUT2D eigenvalue weighted by molar-refractivity contribution is 0.152. The summed E-state index contributed by atoms with van der Waals surface area (Å²) in [6.45, 7) is 8.62. The normalized spacial score (nSPS) is 17.7. The van der Waals surface area contributed by atoms with Crippen LogP contribution in [-0.4, -0.2) is 38.1 Å². The average molecular weight is 275 g/mol. The standard InChI is InChI=1S/C17H29N3/c1-12(2)13(3)20(5)17(11-18)14-6-7-16-15(10-14)8-9-19(16)4/h6-7,10,12-13,17H,8-9,11,18H2,1-5H3. The first kappa shape index (κ1) is 15.3. The first-order valence-corrected chi connectivity index (χ1v) is 7.71. The molecule has 1 aromatic carbocycles. The Bertz CT molecular complexity index is 456. The van der Waals surface area contributed by atoms with E-state index in [1.807, 2.05) is 0 Å². The summed E-state index contributed by atoms with van der Waals surface area (Å²) in [6, 6.07) is 7.71. The minimum absolute atomic E-state index is 0.309. The number of anilines is 1. The number of likely N-dealkylation sites (N-methyl/N-ethyl adjacent to an activating group) is 2. The highest BCUT2D eigenvalue weighted by Gasteiger charge is 2.24. The van der Waals surface area contributed by atoms with Crippen molar-refractivity contribution < 1.29 is 0 Å². The van der Waals surface area contributed by atoms with Gasteiger partial charge in [0, 0.05) is 37.9 Å². The molecule has 3 nitrogen and oxygen atoms in total. The van der Waals surface area contributed by atoms with E-state index in [0.717, 1.165) is 13.0 Å². The predicted octanol–water partition coefficient (Wildman–Crippen LogP) is 2.66. The minimum atomic E-state index is 0.309. The highest BCUT2D eigenvalue weighted by atomic mass is 15.2. The lowest BCUT2D eigenvalue weighted by Gasteiger charge is -2.35. The van der Waals surface area contributed by atoms with Crippen molar-refractivity contribution >= 4 is 5.69 Å². The Labute approximate surface area is 123 Å². The summed E-state index contributed by atoms with van der Waals surface area (Å²) >= 11 is 0. The Morgan fingerprint density at radius 3 is 2.60 bits per heavy atom. The Kier molecular flexibility index (Phi) is 4.71. The lowest BCUT2D eigenvalue weighted by Crippen LogP contribution is -2.39. The average Bonchev–Trinajstić information content (AvgIpc) is 2.79. The van der Waals surface area contributed by atoms with Gasteiger partial charge in [0.25, 0.3) is 0 Å². The molecule has 3 heteroatoms. The van der Waals surface area contributed by atoms with Gasteiger partial charge in [-0.2, -0.15) is 0 Å². The van der Waals surface area contributed by atoms with Crippen molar-refractivity contribution in [2.24, 2.45) is 11.7 Å². The van der Waals surface area contributed by atoms with Crippen LogP contribution in [0.5, 0.6) is 0 Å². The summed E-state index contributed by atoms with van der Waals surface area (Å²) in [4.78, 5) is 4.75. The third-order valence-corrected chi connectivity index (χ3v) is 4.94. The van der Waals surface area contributed by atoms with Crippen molar-refractivity contribution in [3.05, 3.63) is 29.3 Å². The van der Waals surface area contributed by atoms with E-state index in [9.17, 15) is 0 Å². The fourth-order valence-corrected chi connectivity index (χ4v) is 3.09. The Hall–Kier alpha value is -1.06. The van der Waals surface area contributed by atoms with Crippen LogP contribution >= 0.6 is 0 Å². The smallest absolute Gasteiger partial charge is 0.0470 e. The largest absolute Gasteiger partial charge is 0.374 e. The molecule has 0 spiro atoms. The zero-order valence-corrected chi connectivity index (χ0v) is 13.6. The van der Waals surface area contributed by atoms with Crippen molar-refractivity contribution in [3.63, 3.8) is 0 Å². The van der Waals surface area contributed by atoms with Gasteiger partial charge in [0.05, 0.1) is 0 Å². The minimum Gasteiger partial charge on any atom is -0.374 e. The number of fused-ring (bicyclic) bond motifs is 1. The number of nitrogens with zero attached hydrogens (tertiary/aromatic N) is 2. The molecule has 2 unspecified atom stereocenters. The van der Waals surface area contributed by atoms with Crippen LogP contribution in [-0.2, 0) is 6.42 Å². The molecule has 1 aliphatic rings. The van der Waals surface area contributed by atoms with Crippen molar-refractivity contribution in [1.82, 2.24) is 4.90 Å². The summed E-state index contributed by atoms with van der Waals surface area (Å²) in [7, 11) is 4.36. The molecule has 1 aromatic rings. The van der Waals surface area contributed by atoms with Gasteiger partial charge in [-0.05, 0) is 43.5 Å². The molecule has 0 fully saturated rings. The van der Waals surface area contributed by atoms with Gasteiger partial charge in [0.2, 0.25) is 0 Å². The molecule has 2 N–H and O–H groups in total. The molecule has 0 amide bonds. The van der Waals surface area contributed by atoms with Crippen molar-refractivity contribution in [3.8, 4) is 0 Å². The molecule has 20 heavy (non-hydrogen) atoms. The van der Waals surface area contributed by atoms with E-state index in [1.54, 1.807) is 0 Å². The van der Waals surface area contributed by atoms with E-state index < -0.39 is 0 Å². The highest BCUT2D eigenvalue weighted by molar-refractivity contribution is 5.58. The molecule has 2 atom stereocenters. The van der Waals surface area contributed by atoms with Gasteiger partial charge in [-0.25, -0.2) is 0 Å². The van der Waals surface area contributed by atoms with Crippen molar-refractivity contribution in [1.29, 1.82) is 0 Å². The summed E-state index contributed by atoms with van der Waals surface area (Å²) in [5, 5.41) is 0. The van der Waals surface area contributed by atoms with Gasteiger partial charge in [-0.3, -0.25) is 4.90 Å². The first-order chi connectivity index (χ1) is 9.45. The molecule has 0 aromatic heterocycles. The quantitative estimate of drug-likeness (QED) is 0.896. The van der Waals surface area contributed by atoms with Gasteiger partial charge in [-0.1, -0.05) is 26.0 Å². The second-order valence-corrected chi connectivity index (χ2v) is 6.46. The summed E-state index contributed by atoms with van der Waals surface area (Å²) in [5.41, 5.74) is 10.3. The van der Waals surface area contributed by atoms with Gasteiger partial charge in [0.15, 0.2) is 0 Å². The zero-order chi connectivity index (χ0) is 14.9. The van der Waals surface area contributed by atoms with Crippen LogP contribution in [0.2, 0.25) is 0 Å². The zero-order valence-electron chi connectivity index (χ0n) is 13.6. The van der Waals surface area contributed by atoms with E-state index >= 15 is 0 Å². The van der Waals surface area contributed by atoms with Gasteiger partial charge >= 0.3 is 0 Å². The van der Waals surface area contributed by atoms with Crippen LogP contribution in [0.15, 0.2) is 18.2 Å². The van der Waals surface area contributed by atoms with Crippen LogP contribution in [0.25, 0.3) is 0 Å². The van der Waals surface area contributed by atoms with Gasteiger partial charge in [-0.15, -0.1) is 0 Å². The lowest BCUT2D eigenvalue weighted by atomic mass is 9.97. The topological polar surface area (TPSA) is 32.5 Å². The van der Waals surface area contributed by atoms with Crippen LogP contribution < -0.4 is 10.6 Å². The van der Waals surface area contributed by atoms with E-state index in [-0.39, 0.29) is 0 Å². The van der Waals surface area contributed by atoms with E-state index in [2.05, 4.69) is 62.9 Å². The Morgan fingerprint density at radius 1 is 1.30 bits per heavy atom. The maximum Gasteiger partial charge on any atom is 0.0470 e. The second kappa shape index (κ2) is 6.15. The molecule has 1 aliphatic heterocycles. The van der Waals surface area contributed by atoms with Gasteiger partial charge < -0.3 is 10.6 Å². The number of rotatable bonds is 5. The van der Waals surface area contributed by atoms with E-state index in [4.69, 9.17) is 5.73 Å². The van der Waals surface area contributed by atoms with Crippen LogP contribution in [0.1, 0.15) is 37.9 Å².